The Bertz CT molecular complexity index is 1580. The molecule has 1 fully saturated rings. The zero-order chi connectivity index (χ0) is 27.1. The minimum atomic E-state index is -1.12. The smallest absolute Gasteiger partial charge is 0.326 e. The van der Waals surface area contributed by atoms with Gasteiger partial charge in [0.15, 0.2) is 0 Å². The van der Waals surface area contributed by atoms with E-state index in [4.69, 9.17) is 0 Å². The summed E-state index contributed by atoms with van der Waals surface area (Å²) in [6.45, 7) is 5.86. The number of aryl methyl sites for hydroxylation is 1. The molecule has 3 N–H and O–H groups in total. The van der Waals surface area contributed by atoms with Gasteiger partial charge in [-0.15, -0.1) is 0 Å². The molecule has 2 heterocycles. The second-order valence-corrected chi connectivity index (χ2v) is 10.1. The summed E-state index contributed by atoms with van der Waals surface area (Å²) in [5.41, 5.74) is 1.37. The third-order valence-corrected chi connectivity index (χ3v) is 7.29. The lowest BCUT2D eigenvalue weighted by Crippen LogP contribution is -2.48. The number of carboxylic acid groups (broad SMARTS) is 1. The summed E-state index contributed by atoms with van der Waals surface area (Å²) < 4.78 is 13.9. The number of anilines is 4. The molecular formula is C29H29FN4O4. The number of nitrogens with one attached hydrogen (secondary N) is 2. The molecule has 3 atom stereocenters. The van der Waals surface area contributed by atoms with Crippen LogP contribution in [-0.2, 0) is 11.2 Å². The third-order valence-electron chi connectivity index (χ3n) is 7.29. The standard InChI is InChI=1S/C29H29FN4O4/c1-15-12-19-8-9-20(30)14-22(19)28(31-15)32-21-10-6-18(7-11-21)13-23(29(37)38)33-24-25(27(36)26(24)35)34-16(2)4-5-17(34)3/h6-12,14,16-17,23,33H,4-5,13H2,1-3H3,(H,31,32)(H,37,38)/t16-,17+,23-/m0/s1. The van der Waals surface area contributed by atoms with E-state index in [2.05, 4.69) is 15.6 Å². The lowest BCUT2D eigenvalue weighted by atomic mass is 10.0. The predicted octanol–water partition coefficient (Wildman–Crippen LogP) is 4.51. The molecule has 0 spiro atoms. The predicted molar refractivity (Wildman–Crippen MR) is 147 cm³/mol. The fraction of sp³-hybridized carbons (Fsp3) is 0.310. The number of benzene rings is 2. The van der Waals surface area contributed by atoms with E-state index in [1.54, 1.807) is 30.3 Å². The summed E-state index contributed by atoms with van der Waals surface area (Å²) in [5, 5.41) is 17.4. The van der Waals surface area contributed by atoms with Gasteiger partial charge in [-0.05, 0) is 74.9 Å². The highest BCUT2D eigenvalue weighted by Gasteiger charge is 2.36. The van der Waals surface area contributed by atoms with Crippen LogP contribution in [0.3, 0.4) is 0 Å². The summed E-state index contributed by atoms with van der Waals surface area (Å²) >= 11 is 0. The number of fused-ring (bicyclic) bond motifs is 1. The number of pyridine rings is 1. The number of aromatic nitrogens is 1. The monoisotopic (exact) mass is 516 g/mol. The highest BCUT2D eigenvalue weighted by Crippen LogP contribution is 2.33. The van der Waals surface area contributed by atoms with E-state index >= 15 is 0 Å². The lowest BCUT2D eigenvalue weighted by Gasteiger charge is -2.32. The van der Waals surface area contributed by atoms with Crippen LogP contribution < -0.4 is 26.4 Å². The second-order valence-electron chi connectivity index (χ2n) is 10.1. The maximum Gasteiger partial charge on any atom is 0.326 e. The summed E-state index contributed by atoms with van der Waals surface area (Å²) in [7, 11) is 0. The van der Waals surface area contributed by atoms with Crippen LogP contribution in [0.4, 0.5) is 27.3 Å². The zero-order valence-corrected chi connectivity index (χ0v) is 21.4. The molecule has 1 saturated heterocycles. The number of carbonyl (C=O) groups is 1. The van der Waals surface area contributed by atoms with Gasteiger partial charge in [0.2, 0.25) is 0 Å². The topological polar surface area (TPSA) is 112 Å². The van der Waals surface area contributed by atoms with Gasteiger partial charge in [0.25, 0.3) is 10.9 Å². The summed E-state index contributed by atoms with van der Waals surface area (Å²) in [6.07, 6.45) is 1.92. The molecule has 1 aliphatic heterocycles. The van der Waals surface area contributed by atoms with E-state index in [1.807, 2.05) is 31.7 Å². The normalized spacial score (nSPS) is 18.2. The Balaban J connectivity index is 1.34. The molecule has 0 bridgehead atoms. The largest absolute Gasteiger partial charge is 0.480 e. The van der Waals surface area contributed by atoms with E-state index in [9.17, 15) is 23.9 Å². The molecule has 3 aromatic carbocycles. The van der Waals surface area contributed by atoms with Crippen molar-refractivity contribution in [3.05, 3.63) is 86.1 Å². The fourth-order valence-corrected chi connectivity index (χ4v) is 5.32. The quantitative estimate of drug-likeness (QED) is 0.294. The first-order valence-corrected chi connectivity index (χ1v) is 12.7. The molecule has 0 amide bonds. The highest BCUT2D eigenvalue weighted by atomic mass is 19.1. The van der Waals surface area contributed by atoms with E-state index in [1.165, 1.54) is 12.1 Å². The van der Waals surface area contributed by atoms with E-state index in [0.717, 1.165) is 29.5 Å². The molecule has 0 aliphatic carbocycles. The van der Waals surface area contributed by atoms with Crippen LogP contribution in [0.2, 0.25) is 0 Å². The molecule has 1 aromatic heterocycles. The summed E-state index contributed by atoms with van der Waals surface area (Å²) in [6, 6.07) is 12.7. The van der Waals surface area contributed by atoms with E-state index in [-0.39, 0.29) is 30.0 Å². The van der Waals surface area contributed by atoms with Crippen molar-refractivity contribution < 1.29 is 14.3 Å². The number of halogens is 1. The third kappa shape index (κ3) is 4.71. The Hall–Kier alpha value is -4.27. The van der Waals surface area contributed by atoms with Crippen LogP contribution in [0.1, 0.15) is 37.9 Å². The number of nitrogens with zero attached hydrogens (tertiary/aromatic N) is 2. The number of aliphatic carboxylic acids is 1. The number of hydrogen-bond donors (Lipinski definition) is 3. The van der Waals surface area contributed by atoms with Crippen LogP contribution in [0.15, 0.2) is 58.1 Å². The van der Waals surface area contributed by atoms with Gasteiger partial charge in [-0.1, -0.05) is 18.2 Å². The van der Waals surface area contributed by atoms with Crippen molar-refractivity contribution in [1.29, 1.82) is 0 Å². The molecule has 9 heteroatoms. The van der Waals surface area contributed by atoms with Gasteiger partial charge in [-0.2, -0.15) is 0 Å². The van der Waals surface area contributed by atoms with Gasteiger partial charge in [0.05, 0.1) is 0 Å². The van der Waals surface area contributed by atoms with Crippen LogP contribution >= 0.6 is 0 Å². The van der Waals surface area contributed by atoms with E-state index in [0.29, 0.717) is 22.6 Å². The first kappa shape index (κ1) is 25.4. The first-order valence-electron chi connectivity index (χ1n) is 12.7. The zero-order valence-electron chi connectivity index (χ0n) is 21.4. The Kier molecular flexibility index (Phi) is 6.60. The lowest BCUT2D eigenvalue weighted by molar-refractivity contribution is -0.137. The molecule has 4 aromatic rings. The fourth-order valence-electron chi connectivity index (χ4n) is 5.32. The highest BCUT2D eigenvalue weighted by molar-refractivity contribution is 5.93. The first-order chi connectivity index (χ1) is 18.1. The van der Waals surface area contributed by atoms with Gasteiger partial charge in [-0.25, -0.2) is 14.2 Å². The minimum absolute atomic E-state index is 0.0888. The maximum absolute atomic E-state index is 13.9. The Morgan fingerprint density at radius 1 is 1.08 bits per heavy atom. The molecule has 196 valence electrons. The maximum atomic E-state index is 13.9. The molecule has 0 unspecified atom stereocenters. The van der Waals surface area contributed by atoms with Crippen molar-refractivity contribution in [2.24, 2.45) is 0 Å². The van der Waals surface area contributed by atoms with Crippen LogP contribution in [-0.4, -0.2) is 34.2 Å². The minimum Gasteiger partial charge on any atom is -0.480 e. The van der Waals surface area contributed by atoms with Crippen molar-refractivity contribution in [2.75, 3.05) is 15.5 Å². The summed E-state index contributed by atoms with van der Waals surface area (Å²) in [4.78, 5) is 43.3. The van der Waals surface area contributed by atoms with Gasteiger partial charge in [0.1, 0.15) is 29.1 Å². The molecule has 8 nitrogen and oxygen atoms in total. The molecular weight excluding hydrogens is 487 g/mol. The van der Waals surface area contributed by atoms with Gasteiger partial charge < -0.3 is 20.6 Å². The SMILES string of the molecule is Cc1cc2ccc(F)cc2c(Nc2ccc(C[C@H](Nc3c(N4[C@H](C)CC[C@@H]4C)c(=O)c3=O)C(=O)O)cc2)n1. The average Bonchev–Trinajstić information content (AvgIpc) is 3.21. The number of hydrogen-bond acceptors (Lipinski definition) is 7. The van der Waals surface area contributed by atoms with Gasteiger partial charge in [-0.3, -0.25) is 9.59 Å². The van der Waals surface area contributed by atoms with Crippen LogP contribution in [0, 0.1) is 12.7 Å². The summed E-state index contributed by atoms with van der Waals surface area (Å²) in [5.74, 6) is -0.950. The van der Waals surface area contributed by atoms with Crippen molar-refractivity contribution in [3.63, 3.8) is 0 Å². The molecule has 1 aliphatic rings. The molecule has 0 saturated carbocycles. The van der Waals surface area contributed by atoms with Crippen LogP contribution in [0.25, 0.3) is 10.8 Å². The molecule has 0 radical (unpaired) electrons. The Labute approximate surface area is 218 Å². The Morgan fingerprint density at radius 2 is 1.76 bits per heavy atom. The number of carboxylic acids is 1. The van der Waals surface area contributed by atoms with E-state index < -0.39 is 22.9 Å². The molecule has 5 rings (SSSR count). The average molecular weight is 517 g/mol. The molecule has 38 heavy (non-hydrogen) atoms. The Morgan fingerprint density at radius 3 is 2.42 bits per heavy atom. The van der Waals surface area contributed by atoms with Gasteiger partial charge >= 0.3 is 5.97 Å². The van der Waals surface area contributed by atoms with Gasteiger partial charge in [0, 0.05) is 35.3 Å². The number of rotatable bonds is 8. The van der Waals surface area contributed by atoms with Crippen LogP contribution in [0.5, 0.6) is 0 Å². The van der Waals surface area contributed by atoms with Crippen molar-refractivity contribution in [1.82, 2.24) is 4.98 Å². The van der Waals surface area contributed by atoms with Crippen molar-refractivity contribution >= 4 is 39.6 Å². The second kappa shape index (κ2) is 9.89. The van der Waals surface area contributed by atoms with Crippen molar-refractivity contribution in [2.45, 2.75) is 58.2 Å². The van der Waals surface area contributed by atoms with Crippen molar-refractivity contribution in [3.8, 4) is 0 Å².